The van der Waals surface area contributed by atoms with Crippen LogP contribution in [-0.4, -0.2) is 15.5 Å². The van der Waals surface area contributed by atoms with Crippen LogP contribution in [-0.2, 0) is 6.61 Å². The van der Waals surface area contributed by atoms with Gasteiger partial charge in [0.2, 0.25) is 11.8 Å². The van der Waals surface area contributed by atoms with Crippen LogP contribution in [0.5, 0.6) is 5.88 Å². The molecule has 29 heavy (non-hydrogen) atoms. The smallest absolute Gasteiger partial charge is 0.276 e. The zero-order valence-corrected chi connectivity index (χ0v) is 17.4. The van der Waals surface area contributed by atoms with Crippen LogP contribution in [0.1, 0.15) is 32.9 Å². The first-order valence-corrected chi connectivity index (χ1v) is 9.41. The van der Waals surface area contributed by atoms with E-state index in [0.29, 0.717) is 22.6 Å². The number of halogens is 2. The molecule has 3 aromatic rings. The lowest BCUT2D eigenvalue weighted by molar-refractivity contribution is 0.1000. The van der Waals surface area contributed by atoms with Gasteiger partial charge in [-0.2, -0.15) is 4.98 Å². The summed E-state index contributed by atoms with van der Waals surface area (Å²) < 4.78 is 20.4. The molecule has 1 aromatic heterocycles. The van der Waals surface area contributed by atoms with E-state index in [1.165, 1.54) is 16.7 Å². The number of hydrogen-bond acceptors (Lipinski definition) is 4. The Hall–Kier alpha value is -3.00. The van der Waals surface area contributed by atoms with Gasteiger partial charge < -0.3 is 10.5 Å². The summed E-state index contributed by atoms with van der Waals surface area (Å²) in [6, 6.07) is 9.05. The summed E-state index contributed by atoms with van der Waals surface area (Å²) in [5, 5.41) is 0. The molecule has 0 aliphatic rings. The number of nitrogens with two attached hydrogens (primary N) is 1. The van der Waals surface area contributed by atoms with Gasteiger partial charge in [-0.1, -0.05) is 12.1 Å². The molecular weight excluding hydrogens is 441 g/mol. The molecule has 149 valence electrons. The maximum Gasteiger partial charge on any atom is 0.276 e. The van der Waals surface area contributed by atoms with Crippen LogP contribution in [0.15, 0.2) is 45.7 Å². The lowest BCUT2D eigenvalue weighted by Gasteiger charge is -2.16. The molecule has 0 aliphatic heterocycles. The van der Waals surface area contributed by atoms with E-state index in [0.717, 1.165) is 5.56 Å². The normalized spacial score (nSPS) is 10.8. The third kappa shape index (κ3) is 4.22. The van der Waals surface area contributed by atoms with E-state index in [2.05, 4.69) is 27.8 Å². The summed E-state index contributed by atoms with van der Waals surface area (Å²) in [6.07, 6.45) is 0. The van der Waals surface area contributed by atoms with Crippen LogP contribution in [0.2, 0.25) is 0 Å². The highest BCUT2D eigenvalue weighted by Gasteiger charge is 2.17. The molecule has 2 N–H and O–H groups in total. The summed E-state index contributed by atoms with van der Waals surface area (Å²) in [4.78, 5) is 28.9. The highest BCUT2D eigenvalue weighted by Crippen LogP contribution is 2.24. The molecule has 0 atom stereocenters. The molecule has 0 aliphatic carbocycles. The number of amides is 1. The molecule has 0 saturated heterocycles. The first-order valence-electron chi connectivity index (χ1n) is 8.62. The van der Waals surface area contributed by atoms with Gasteiger partial charge in [-0.05, 0) is 77.7 Å². The van der Waals surface area contributed by atoms with Crippen LogP contribution < -0.4 is 16.0 Å². The van der Waals surface area contributed by atoms with Gasteiger partial charge in [0.05, 0.1) is 5.69 Å². The van der Waals surface area contributed by atoms with E-state index >= 15 is 0 Å². The molecule has 0 bridgehead atoms. The molecule has 0 unspecified atom stereocenters. The van der Waals surface area contributed by atoms with Gasteiger partial charge in [-0.3, -0.25) is 14.2 Å². The topological polar surface area (TPSA) is 87.2 Å². The van der Waals surface area contributed by atoms with Crippen molar-refractivity contribution < 1.29 is 13.9 Å². The Kier molecular flexibility index (Phi) is 5.83. The Bertz CT molecular complexity index is 1170. The maximum atomic E-state index is 13.2. The van der Waals surface area contributed by atoms with Crippen molar-refractivity contribution >= 4 is 21.8 Å². The van der Waals surface area contributed by atoms with Crippen LogP contribution in [0, 0.1) is 26.6 Å². The standard InChI is InChI=1S/C21H18BrFN3O3/c1-11-4-5-14(19(24)27)9-17(11)26-13(3)25-20(18(22)21(26)28)29-10-15-6-7-16(23)8-12(15)2/h4-9H,2,10H2,1,3H3,(H2,24,27). The number of ether oxygens (including phenoxy) is 1. The fourth-order valence-electron chi connectivity index (χ4n) is 2.85. The molecule has 8 heteroatoms. The van der Waals surface area contributed by atoms with Crippen molar-refractivity contribution in [3.05, 3.63) is 92.0 Å². The largest absolute Gasteiger partial charge is 0.472 e. The maximum absolute atomic E-state index is 13.2. The zero-order chi connectivity index (χ0) is 21.3. The number of primary amides is 1. The Morgan fingerprint density at radius 2 is 2.00 bits per heavy atom. The molecule has 1 radical (unpaired) electrons. The van der Waals surface area contributed by atoms with E-state index in [1.54, 1.807) is 31.2 Å². The Balaban J connectivity index is 2.00. The molecule has 0 spiro atoms. The van der Waals surface area contributed by atoms with Crippen LogP contribution in [0.4, 0.5) is 4.39 Å². The first-order chi connectivity index (χ1) is 13.7. The number of carbonyl (C=O) groups excluding carboxylic acids is 1. The van der Waals surface area contributed by atoms with Crippen LogP contribution in [0.25, 0.3) is 5.69 Å². The minimum absolute atomic E-state index is 0.0732. The average molecular weight is 459 g/mol. The summed E-state index contributed by atoms with van der Waals surface area (Å²) in [5.74, 6) is -0.500. The number of nitrogens with zero attached hydrogens (tertiary/aromatic N) is 2. The van der Waals surface area contributed by atoms with Gasteiger partial charge in [-0.15, -0.1) is 0 Å². The Labute approximate surface area is 175 Å². The predicted octanol–water partition coefficient (Wildman–Crippen LogP) is 3.61. The van der Waals surface area contributed by atoms with Gasteiger partial charge in [0.15, 0.2) is 0 Å². The van der Waals surface area contributed by atoms with Crippen molar-refractivity contribution in [1.29, 1.82) is 0 Å². The molecule has 1 heterocycles. The lowest BCUT2D eigenvalue weighted by atomic mass is 10.1. The highest BCUT2D eigenvalue weighted by molar-refractivity contribution is 9.10. The molecule has 6 nitrogen and oxygen atoms in total. The van der Waals surface area contributed by atoms with Crippen LogP contribution >= 0.6 is 15.9 Å². The Morgan fingerprint density at radius 1 is 1.28 bits per heavy atom. The van der Waals surface area contributed by atoms with Crippen molar-refractivity contribution in [3.63, 3.8) is 0 Å². The summed E-state index contributed by atoms with van der Waals surface area (Å²) >= 11 is 3.25. The number of hydrogen-bond donors (Lipinski definition) is 1. The van der Waals surface area contributed by atoms with Gasteiger partial charge in [0.1, 0.15) is 22.7 Å². The minimum atomic E-state index is -0.591. The Morgan fingerprint density at radius 3 is 2.66 bits per heavy atom. The number of aromatic nitrogens is 2. The SMILES string of the molecule is [CH2]c1cc(F)ccc1COc1nc(C)n(-c2cc(C(N)=O)ccc2C)c(=O)c1Br. The van der Waals surface area contributed by atoms with E-state index in [4.69, 9.17) is 10.5 Å². The molecule has 3 rings (SSSR count). The second-order valence-corrected chi connectivity index (χ2v) is 7.28. The van der Waals surface area contributed by atoms with Gasteiger partial charge in [-0.25, -0.2) is 4.39 Å². The van der Waals surface area contributed by atoms with E-state index in [-0.39, 0.29) is 28.3 Å². The van der Waals surface area contributed by atoms with Crippen molar-refractivity contribution in [3.8, 4) is 11.6 Å². The molecule has 0 saturated carbocycles. The molecule has 0 fully saturated rings. The van der Waals surface area contributed by atoms with Crippen molar-refractivity contribution in [2.75, 3.05) is 0 Å². The van der Waals surface area contributed by atoms with Gasteiger partial charge >= 0.3 is 0 Å². The highest BCUT2D eigenvalue weighted by atomic mass is 79.9. The minimum Gasteiger partial charge on any atom is -0.472 e. The zero-order valence-electron chi connectivity index (χ0n) is 15.8. The predicted molar refractivity (Wildman–Crippen MR) is 111 cm³/mol. The molecular formula is C21H18BrFN3O3. The third-order valence-corrected chi connectivity index (χ3v) is 5.11. The first kappa shape index (κ1) is 20.7. The van der Waals surface area contributed by atoms with E-state index in [1.807, 2.05) is 6.92 Å². The van der Waals surface area contributed by atoms with E-state index in [9.17, 15) is 14.0 Å². The number of aryl methyl sites for hydroxylation is 2. The molecule has 1 amide bonds. The van der Waals surface area contributed by atoms with Crippen molar-refractivity contribution in [2.45, 2.75) is 20.5 Å². The second-order valence-electron chi connectivity index (χ2n) is 6.49. The van der Waals surface area contributed by atoms with E-state index < -0.39 is 11.5 Å². The number of benzene rings is 2. The second kappa shape index (κ2) is 8.16. The average Bonchev–Trinajstić information content (AvgIpc) is 2.66. The molecule has 2 aromatic carbocycles. The quantitative estimate of drug-likeness (QED) is 0.632. The van der Waals surface area contributed by atoms with Crippen molar-refractivity contribution in [1.82, 2.24) is 9.55 Å². The van der Waals surface area contributed by atoms with Crippen LogP contribution in [0.3, 0.4) is 0 Å². The lowest BCUT2D eigenvalue weighted by Crippen LogP contribution is -2.25. The number of rotatable bonds is 5. The third-order valence-electron chi connectivity index (χ3n) is 4.43. The van der Waals surface area contributed by atoms with Crippen molar-refractivity contribution in [2.24, 2.45) is 5.73 Å². The summed E-state index contributed by atoms with van der Waals surface area (Å²) in [6.45, 7) is 7.32. The summed E-state index contributed by atoms with van der Waals surface area (Å²) in [7, 11) is 0. The fraction of sp³-hybridized carbons (Fsp3) is 0.143. The monoisotopic (exact) mass is 458 g/mol. The number of carbonyl (C=O) groups is 1. The van der Waals surface area contributed by atoms with Gasteiger partial charge in [0, 0.05) is 5.56 Å². The van der Waals surface area contributed by atoms with Gasteiger partial charge in [0.25, 0.3) is 5.56 Å². The summed E-state index contributed by atoms with van der Waals surface area (Å²) in [5.41, 5.74) is 7.68. The fourth-order valence-corrected chi connectivity index (χ4v) is 3.23.